The number of hydrogen-bond donors (Lipinski definition) is 2. The summed E-state index contributed by atoms with van der Waals surface area (Å²) in [6.45, 7) is 3.83. The number of aliphatic carboxylic acids is 1. The van der Waals surface area contributed by atoms with E-state index in [0.717, 1.165) is 11.1 Å². The fourth-order valence-corrected chi connectivity index (χ4v) is 4.57. The fourth-order valence-electron chi connectivity index (χ4n) is 4.57. The number of ether oxygens (including phenoxy) is 1. The summed E-state index contributed by atoms with van der Waals surface area (Å²) in [6, 6.07) is 16.3. The van der Waals surface area contributed by atoms with Crippen LogP contribution >= 0.6 is 0 Å². The Morgan fingerprint density at radius 1 is 1.03 bits per heavy atom. The molecule has 0 saturated carbocycles. The number of rotatable bonds is 4. The summed E-state index contributed by atoms with van der Waals surface area (Å²) in [5.74, 6) is -1.05. The standard InChI is InChI=1S/C24H27NO5/c1-23(2,21(26)27)24(29)11-13-25(14-12-24)22(28)30-15-20-18-9-5-3-7-16(18)17-8-4-6-10-19(17)20/h3-10,20,29H,11-15H2,1-2H3,(H,26,27). The maximum Gasteiger partial charge on any atom is 0.409 e. The molecule has 0 unspecified atom stereocenters. The molecule has 1 fully saturated rings. The summed E-state index contributed by atoms with van der Waals surface area (Å²) in [5.41, 5.74) is 2.03. The molecule has 4 rings (SSSR count). The number of amides is 1. The number of likely N-dealkylation sites (tertiary alicyclic amines) is 1. The molecule has 0 aromatic heterocycles. The average molecular weight is 409 g/mol. The summed E-state index contributed by atoms with van der Waals surface area (Å²) in [6.07, 6.45) is -0.0143. The zero-order chi connectivity index (χ0) is 21.5. The molecule has 30 heavy (non-hydrogen) atoms. The second-order valence-electron chi connectivity index (χ2n) is 8.75. The molecule has 1 aliphatic carbocycles. The van der Waals surface area contributed by atoms with Crippen molar-refractivity contribution in [3.05, 3.63) is 59.7 Å². The number of hydrogen-bond acceptors (Lipinski definition) is 4. The lowest BCUT2D eigenvalue weighted by atomic mass is 9.69. The predicted molar refractivity (Wildman–Crippen MR) is 112 cm³/mol. The van der Waals surface area contributed by atoms with E-state index in [1.54, 1.807) is 4.90 Å². The lowest BCUT2D eigenvalue weighted by molar-refractivity contribution is -0.170. The molecule has 1 aliphatic heterocycles. The summed E-state index contributed by atoms with van der Waals surface area (Å²) in [5, 5.41) is 20.3. The monoisotopic (exact) mass is 409 g/mol. The Morgan fingerprint density at radius 3 is 2.03 bits per heavy atom. The summed E-state index contributed by atoms with van der Waals surface area (Å²) < 4.78 is 5.67. The molecular weight excluding hydrogens is 382 g/mol. The third kappa shape index (κ3) is 3.25. The van der Waals surface area contributed by atoms with E-state index in [4.69, 9.17) is 4.74 Å². The third-order valence-corrected chi connectivity index (χ3v) is 6.88. The van der Waals surface area contributed by atoms with E-state index in [0.29, 0.717) is 0 Å². The van der Waals surface area contributed by atoms with Gasteiger partial charge in [0.05, 0.1) is 11.0 Å². The van der Waals surface area contributed by atoms with Gasteiger partial charge in [-0.25, -0.2) is 4.79 Å². The van der Waals surface area contributed by atoms with Crippen molar-refractivity contribution in [3.8, 4) is 11.1 Å². The van der Waals surface area contributed by atoms with E-state index in [1.807, 2.05) is 24.3 Å². The minimum atomic E-state index is -1.35. The lowest BCUT2D eigenvalue weighted by Crippen LogP contribution is -2.56. The largest absolute Gasteiger partial charge is 0.481 e. The molecular formula is C24H27NO5. The van der Waals surface area contributed by atoms with Crippen molar-refractivity contribution in [1.82, 2.24) is 4.90 Å². The van der Waals surface area contributed by atoms with Crippen molar-refractivity contribution in [2.24, 2.45) is 5.41 Å². The molecule has 2 aromatic carbocycles. The van der Waals surface area contributed by atoms with Crippen LogP contribution in [0, 0.1) is 5.41 Å². The maximum absolute atomic E-state index is 12.7. The number of carbonyl (C=O) groups is 2. The fraction of sp³-hybridized carbons (Fsp3) is 0.417. The molecule has 2 aliphatic rings. The van der Waals surface area contributed by atoms with E-state index in [2.05, 4.69) is 24.3 Å². The van der Waals surface area contributed by atoms with Crippen molar-refractivity contribution < 1.29 is 24.5 Å². The number of carboxylic acid groups (broad SMARTS) is 1. The summed E-state index contributed by atoms with van der Waals surface area (Å²) in [7, 11) is 0. The van der Waals surface area contributed by atoms with Crippen molar-refractivity contribution >= 4 is 12.1 Å². The Kier molecular flexibility index (Phi) is 5.06. The van der Waals surface area contributed by atoms with Gasteiger partial charge in [0, 0.05) is 19.0 Å². The van der Waals surface area contributed by atoms with Crippen LogP contribution in [-0.2, 0) is 9.53 Å². The van der Waals surface area contributed by atoms with Gasteiger partial charge < -0.3 is 19.8 Å². The molecule has 0 spiro atoms. The van der Waals surface area contributed by atoms with Crippen LogP contribution in [0.2, 0.25) is 0 Å². The Morgan fingerprint density at radius 2 is 1.53 bits per heavy atom. The minimum Gasteiger partial charge on any atom is -0.481 e. The Bertz CT molecular complexity index is 930. The first kappa shape index (κ1) is 20.4. The van der Waals surface area contributed by atoms with Gasteiger partial charge in [0.2, 0.25) is 0 Å². The number of fused-ring (bicyclic) bond motifs is 3. The Labute approximate surface area is 176 Å². The van der Waals surface area contributed by atoms with Gasteiger partial charge in [-0.2, -0.15) is 0 Å². The number of carbonyl (C=O) groups excluding carboxylic acids is 1. The number of benzene rings is 2. The normalized spacial score (nSPS) is 17.9. The Hall–Kier alpha value is -2.86. The third-order valence-electron chi connectivity index (χ3n) is 6.88. The predicted octanol–water partition coefficient (Wildman–Crippen LogP) is 3.87. The number of nitrogens with zero attached hydrogens (tertiary/aromatic N) is 1. The van der Waals surface area contributed by atoms with Crippen LogP contribution < -0.4 is 0 Å². The zero-order valence-corrected chi connectivity index (χ0v) is 17.3. The van der Waals surface area contributed by atoms with E-state index >= 15 is 0 Å². The van der Waals surface area contributed by atoms with Crippen LogP contribution in [0.25, 0.3) is 11.1 Å². The van der Waals surface area contributed by atoms with Gasteiger partial charge in [-0.3, -0.25) is 4.79 Å². The lowest BCUT2D eigenvalue weighted by Gasteiger charge is -2.45. The molecule has 0 atom stereocenters. The van der Waals surface area contributed by atoms with Crippen LogP contribution in [0.1, 0.15) is 43.7 Å². The highest BCUT2D eigenvalue weighted by atomic mass is 16.6. The summed E-state index contributed by atoms with van der Waals surface area (Å²) in [4.78, 5) is 25.8. The van der Waals surface area contributed by atoms with Crippen LogP contribution in [0.5, 0.6) is 0 Å². The van der Waals surface area contributed by atoms with Crippen LogP contribution in [0.3, 0.4) is 0 Å². The maximum atomic E-state index is 12.7. The molecule has 6 nitrogen and oxygen atoms in total. The highest BCUT2D eigenvalue weighted by Crippen LogP contribution is 2.44. The minimum absolute atomic E-state index is 0.00554. The highest BCUT2D eigenvalue weighted by Gasteiger charge is 2.51. The first-order chi connectivity index (χ1) is 14.2. The average Bonchev–Trinajstić information content (AvgIpc) is 3.06. The molecule has 0 radical (unpaired) electrons. The number of carboxylic acids is 1. The van der Waals surface area contributed by atoms with E-state index in [-0.39, 0.29) is 38.5 Å². The van der Waals surface area contributed by atoms with Crippen molar-refractivity contribution in [1.29, 1.82) is 0 Å². The highest BCUT2D eigenvalue weighted by molar-refractivity contribution is 5.79. The van der Waals surface area contributed by atoms with Crippen molar-refractivity contribution in [3.63, 3.8) is 0 Å². The quantitative estimate of drug-likeness (QED) is 0.800. The Balaban J connectivity index is 1.41. The van der Waals surface area contributed by atoms with E-state index < -0.39 is 23.1 Å². The van der Waals surface area contributed by atoms with Crippen molar-refractivity contribution in [2.45, 2.75) is 38.2 Å². The van der Waals surface area contributed by atoms with Gasteiger partial charge in [-0.15, -0.1) is 0 Å². The van der Waals surface area contributed by atoms with Crippen LogP contribution in [0.4, 0.5) is 4.79 Å². The van der Waals surface area contributed by atoms with Gasteiger partial charge in [0.1, 0.15) is 6.61 Å². The first-order valence-electron chi connectivity index (χ1n) is 10.3. The van der Waals surface area contributed by atoms with Gasteiger partial charge in [-0.05, 0) is 48.9 Å². The topological polar surface area (TPSA) is 87.1 Å². The molecule has 2 aromatic rings. The van der Waals surface area contributed by atoms with Gasteiger partial charge in [-0.1, -0.05) is 48.5 Å². The number of piperidine rings is 1. The zero-order valence-electron chi connectivity index (χ0n) is 17.3. The van der Waals surface area contributed by atoms with Gasteiger partial charge >= 0.3 is 12.1 Å². The summed E-state index contributed by atoms with van der Waals surface area (Å²) >= 11 is 0. The van der Waals surface area contributed by atoms with Gasteiger partial charge in [0.25, 0.3) is 0 Å². The van der Waals surface area contributed by atoms with Crippen molar-refractivity contribution in [2.75, 3.05) is 19.7 Å². The van der Waals surface area contributed by atoms with E-state index in [9.17, 15) is 19.8 Å². The molecule has 2 N–H and O–H groups in total. The molecule has 1 amide bonds. The SMILES string of the molecule is CC(C)(C(=O)O)C1(O)CCN(C(=O)OCC2c3ccccc3-c3ccccc32)CC1. The number of aliphatic hydroxyl groups is 1. The molecule has 6 heteroatoms. The molecule has 1 saturated heterocycles. The second-order valence-corrected chi connectivity index (χ2v) is 8.75. The van der Waals surface area contributed by atoms with Crippen LogP contribution in [0.15, 0.2) is 48.5 Å². The molecule has 158 valence electrons. The first-order valence-corrected chi connectivity index (χ1v) is 10.3. The molecule has 1 heterocycles. The van der Waals surface area contributed by atoms with Crippen LogP contribution in [-0.4, -0.2) is 52.5 Å². The van der Waals surface area contributed by atoms with E-state index in [1.165, 1.54) is 25.0 Å². The second kappa shape index (κ2) is 7.43. The molecule has 0 bridgehead atoms. The smallest absolute Gasteiger partial charge is 0.409 e. The van der Waals surface area contributed by atoms with Gasteiger partial charge in [0.15, 0.2) is 0 Å².